The van der Waals surface area contributed by atoms with Crippen molar-refractivity contribution in [3.05, 3.63) is 61.9 Å². The second kappa shape index (κ2) is 10.0. The van der Waals surface area contributed by atoms with Crippen LogP contribution in [0, 0.1) is 5.82 Å². The monoisotopic (exact) mass is 536 g/mol. The van der Waals surface area contributed by atoms with Crippen LogP contribution in [0.15, 0.2) is 50.5 Å². The third-order valence-electron chi connectivity index (χ3n) is 5.83. The first kappa shape index (κ1) is 24.0. The molecular formula is C23H26BrFN4O3S. The summed E-state index contributed by atoms with van der Waals surface area (Å²) in [6.07, 6.45) is 2.99. The van der Waals surface area contributed by atoms with Crippen LogP contribution < -0.4 is 5.32 Å². The molecular weight excluding hydrogens is 511 g/mol. The summed E-state index contributed by atoms with van der Waals surface area (Å²) in [7, 11) is 0. The van der Waals surface area contributed by atoms with Crippen LogP contribution in [0.2, 0.25) is 0 Å². The molecule has 0 saturated carbocycles. The number of carbonyl (C=O) groups excluding carboxylic acids is 1. The third-order valence-corrected chi connectivity index (χ3v) is 7.29. The molecule has 7 nitrogen and oxygen atoms in total. The van der Waals surface area contributed by atoms with Crippen LogP contribution in [0.4, 0.5) is 4.39 Å². The molecule has 1 atom stereocenters. The van der Waals surface area contributed by atoms with Crippen LogP contribution in [0.25, 0.3) is 0 Å². The largest absolute Gasteiger partial charge is 0.463 e. The van der Waals surface area contributed by atoms with Gasteiger partial charge in [-0.15, -0.1) is 11.3 Å². The number of aliphatic imine (C=N–C) groups is 1. The van der Waals surface area contributed by atoms with Crippen LogP contribution in [0.3, 0.4) is 0 Å². The van der Waals surface area contributed by atoms with Crippen LogP contribution in [-0.4, -0.2) is 58.6 Å². The van der Waals surface area contributed by atoms with E-state index in [9.17, 15) is 14.3 Å². The lowest BCUT2D eigenvalue weighted by Crippen LogP contribution is -2.46. The van der Waals surface area contributed by atoms with E-state index >= 15 is 0 Å². The minimum absolute atomic E-state index is 0.225. The summed E-state index contributed by atoms with van der Waals surface area (Å²) >= 11 is 4.88. The number of nitrogens with one attached hydrogen (secondary N) is 1. The van der Waals surface area contributed by atoms with Gasteiger partial charge in [0.05, 0.1) is 17.8 Å². The van der Waals surface area contributed by atoms with Crippen LogP contribution in [-0.2, 0) is 9.53 Å². The first-order valence-corrected chi connectivity index (χ1v) is 12.5. The van der Waals surface area contributed by atoms with Crippen molar-refractivity contribution in [3.63, 3.8) is 0 Å². The van der Waals surface area contributed by atoms with Crippen molar-refractivity contribution in [2.75, 3.05) is 26.2 Å². The van der Waals surface area contributed by atoms with Gasteiger partial charge in [-0.2, -0.15) is 0 Å². The fourth-order valence-corrected chi connectivity index (χ4v) is 5.14. The predicted molar refractivity (Wildman–Crippen MR) is 129 cm³/mol. The number of hydrogen-bond donors (Lipinski definition) is 2. The first-order valence-electron chi connectivity index (χ1n) is 10.8. The van der Waals surface area contributed by atoms with Crippen molar-refractivity contribution in [3.8, 4) is 0 Å². The van der Waals surface area contributed by atoms with Gasteiger partial charge < -0.3 is 15.2 Å². The van der Waals surface area contributed by atoms with Crippen molar-refractivity contribution in [1.29, 1.82) is 0 Å². The van der Waals surface area contributed by atoms with Gasteiger partial charge in [0.15, 0.2) is 10.8 Å². The van der Waals surface area contributed by atoms with E-state index in [1.54, 1.807) is 19.2 Å². The molecule has 2 aromatic rings. The molecule has 1 aromatic heterocycles. The number of aliphatic hydroxyl groups is 1. The van der Waals surface area contributed by atoms with Crippen molar-refractivity contribution >= 4 is 39.1 Å². The summed E-state index contributed by atoms with van der Waals surface area (Å²) in [6, 6.07) is 3.66. The topological polar surface area (TPSA) is 87.0 Å². The minimum Gasteiger partial charge on any atom is -0.463 e. The number of aromatic nitrogens is 1. The summed E-state index contributed by atoms with van der Waals surface area (Å²) in [5, 5.41) is 16.2. The molecule has 0 amide bonds. The number of halogens is 2. The van der Waals surface area contributed by atoms with Crippen LogP contribution in [0.5, 0.6) is 0 Å². The molecule has 1 aromatic carbocycles. The van der Waals surface area contributed by atoms with E-state index in [0.29, 0.717) is 64.6 Å². The Hall–Kier alpha value is -2.14. The Bertz CT molecular complexity index is 1080. The third kappa shape index (κ3) is 5.51. The number of rotatable bonds is 6. The molecule has 1 saturated heterocycles. The molecule has 0 aliphatic carbocycles. The van der Waals surface area contributed by atoms with Gasteiger partial charge in [0.1, 0.15) is 11.9 Å². The van der Waals surface area contributed by atoms with Crippen molar-refractivity contribution < 1.29 is 19.0 Å². The lowest BCUT2D eigenvalue weighted by atomic mass is 9.92. The fourth-order valence-electron chi connectivity index (χ4n) is 3.98. The van der Waals surface area contributed by atoms with Gasteiger partial charge in [-0.1, -0.05) is 22.0 Å². The Labute approximate surface area is 204 Å². The maximum Gasteiger partial charge on any atom is 0.338 e. The normalized spacial score (nSPS) is 20.9. The SMILES string of the molecule is CCOC(=O)C1=C(CN2CCC(C)(O)CC2)NC(c2nccs2)=NC1c1ccc(F)cc1Br. The lowest BCUT2D eigenvalue weighted by molar-refractivity contribution is -0.139. The van der Waals surface area contributed by atoms with Crippen molar-refractivity contribution in [1.82, 2.24) is 15.2 Å². The van der Waals surface area contributed by atoms with Crippen LogP contribution >= 0.6 is 27.3 Å². The van der Waals surface area contributed by atoms with Gasteiger partial charge in [-0.3, -0.25) is 9.89 Å². The Morgan fingerprint density at radius 1 is 1.42 bits per heavy atom. The Morgan fingerprint density at radius 3 is 2.82 bits per heavy atom. The highest BCUT2D eigenvalue weighted by atomic mass is 79.9. The van der Waals surface area contributed by atoms with Gasteiger partial charge in [-0.25, -0.2) is 14.2 Å². The number of amidine groups is 1. The van der Waals surface area contributed by atoms with Gasteiger partial charge >= 0.3 is 5.97 Å². The van der Waals surface area contributed by atoms with Gasteiger partial charge in [0, 0.05) is 41.4 Å². The van der Waals surface area contributed by atoms with Gasteiger partial charge in [0.2, 0.25) is 0 Å². The van der Waals surface area contributed by atoms with E-state index in [2.05, 4.69) is 31.1 Å². The number of hydrogen-bond acceptors (Lipinski definition) is 8. The molecule has 4 rings (SSSR count). The highest BCUT2D eigenvalue weighted by molar-refractivity contribution is 9.10. The number of nitrogens with zero attached hydrogens (tertiary/aromatic N) is 3. The van der Waals surface area contributed by atoms with E-state index in [1.165, 1.54) is 23.5 Å². The highest BCUT2D eigenvalue weighted by Gasteiger charge is 2.35. The number of carbonyl (C=O) groups is 1. The quantitative estimate of drug-likeness (QED) is 0.546. The smallest absolute Gasteiger partial charge is 0.338 e. The average Bonchev–Trinajstić information content (AvgIpc) is 3.30. The molecule has 0 radical (unpaired) electrons. The molecule has 3 heterocycles. The molecule has 0 spiro atoms. The van der Waals surface area contributed by atoms with Crippen molar-refractivity contribution in [2.45, 2.75) is 38.3 Å². The number of ether oxygens (including phenoxy) is 1. The number of piperidine rings is 1. The second-order valence-electron chi connectivity index (χ2n) is 8.39. The molecule has 2 aliphatic heterocycles. The summed E-state index contributed by atoms with van der Waals surface area (Å²) in [6.45, 7) is 5.69. The van der Waals surface area contributed by atoms with E-state index in [1.807, 2.05) is 12.3 Å². The molecule has 0 bridgehead atoms. The second-order valence-corrected chi connectivity index (χ2v) is 10.1. The number of likely N-dealkylation sites (tertiary alicyclic amines) is 1. The van der Waals surface area contributed by atoms with Crippen LogP contribution in [0.1, 0.15) is 43.3 Å². The zero-order valence-corrected chi connectivity index (χ0v) is 20.9. The predicted octanol–water partition coefficient (Wildman–Crippen LogP) is 3.80. The zero-order valence-electron chi connectivity index (χ0n) is 18.5. The van der Waals surface area contributed by atoms with Gasteiger partial charge in [0.25, 0.3) is 0 Å². The summed E-state index contributed by atoms with van der Waals surface area (Å²) in [5.74, 6) is -0.295. The molecule has 176 valence electrons. The molecule has 1 unspecified atom stereocenters. The Morgan fingerprint density at radius 2 is 2.18 bits per heavy atom. The number of esters is 1. The first-order chi connectivity index (χ1) is 15.8. The highest BCUT2D eigenvalue weighted by Crippen LogP contribution is 2.37. The molecule has 1 fully saturated rings. The fraction of sp³-hybridized carbons (Fsp3) is 0.435. The lowest BCUT2D eigenvalue weighted by Gasteiger charge is -2.37. The Kier molecular flexibility index (Phi) is 7.28. The average molecular weight is 537 g/mol. The van der Waals surface area contributed by atoms with E-state index in [-0.39, 0.29) is 12.4 Å². The van der Waals surface area contributed by atoms with E-state index < -0.39 is 17.6 Å². The number of thiazole rings is 1. The molecule has 33 heavy (non-hydrogen) atoms. The summed E-state index contributed by atoms with van der Waals surface area (Å²) < 4.78 is 19.8. The Balaban J connectivity index is 1.78. The maximum absolute atomic E-state index is 13.8. The van der Waals surface area contributed by atoms with Crippen molar-refractivity contribution in [2.24, 2.45) is 4.99 Å². The summed E-state index contributed by atoms with van der Waals surface area (Å²) in [5.41, 5.74) is 1.05. The standard InChI is InChI=1S/C23H26BrFN4O3S/c1-3-32-22(30)18-17(13-29-9-6-23(2,31)7-10-29)27-20(21-26-8-11-33-21)28-19(18)15-5-4-14(25)12-16(15)24/h4-5,8,11-12,19,31H,3,6-7,9-10,13H2,1-2H3,(H,27,28). The minimum atomic E-state index is -0.693. The van der Waals surface area contributed by atoms with E-state index in [4.69, 9.17) is 9.73 Å². The molecule has 10 heteroatoms. The molecule has 2 aliphatic rings. The van der Waals surface area contributed by atoms with E-state index in [0.717, 1.165) is 0 Å². The summed E-state index contributed by atoms with van der Waals surface area (Å²) in [4.78, 5) is 24.6. The zero-order chi connectivity index (χ0) is 23.6. The molecule has 2 N–H and O–H groups in total. The maximum atomic E-state index is 13.8. The number of benzene rings is 1. The van der Waals surface area contributed by atoms with Gasteiger partial charge in [-0.05, 0) is 44.4 Å².